The monoisotopic (exact) mass is 997 g/mol. The summed E-state index contributed by atoms with van der Waals surface area (Å²) in [5.74, 6) is 0.190. The number of benzene rings is 4. The molecular weight excluding hydrogens is 935 g/mol. The van der Waals surface area contributed by atoms with Gasteiger partial charge in [-0.05, 0) is 107 Å². The van der Waals surface area contributed by atoms with Gasteiger partial charge in [0.15, 0.2) is 41.2 Å². The number of nitrogens with one attached hydrogen (secondary N) is 2. The molecule has 5 atom stereocenters. The number of nitrogens with zero attached hydrogens (tertiary/aromatic N) is 3. The third kappa shape index (κ3) is 11.3. The summed E-state index contributed by atoms with van der Waals surface area (Å²) < 4.78 is 35.5. The zero-order valence-corrected chi connectivity index (χ0v) is 42.0. The van der Waals surface area contributed by atoms with E-state index in [2.05, 4.69) is 0 Å². The van der Waals surface area contributed by atoms with Crippen LogP contribution in [0.1, 0.15) is 111 Å². The number of amides is 2. The van der Waals surface area contributed by atoms with E-state index in [0.29, 0.717) is 78.0 Å². The number of ether oxygens (including phenoxy) is 6. The van der Waals surface area contributed by atoms with Gasteiger partial charge in [-0.1, -0.05) is 71.3 Å². The van der Waals surface area contributed by atoms with E-state index in [1.807, 2.05) is 19.9 Å². The maximum absolute atomic E-state index is 14.1. The fourth-order valence-electron chi connectivity index (χ4n) is 9.62. The molecule has 0 aromatic heterocycles. The van der Waals surface area contributed by atoms with Crippen molar-refractivity contribution in [3.8, 4) is 23.0 Å². The fraction of sp³-hybridized carbons (Fsp3) is 0.375. The highest BCUT2D eigenvalue weighted by Crippen LogP contribution is 2.46. The maximum Gasteiger partial charge on any atom is 0.416 e. The predicted molar refractivity (Wildman–Crippen MR) is 274 cm³/mol. The average molecular weight is 998 g/mol. The average Bonchev–Trinajstić information content (AvgIpc) is 3.75. The summed E-state index contributed by atoms with van der Waals surface area (Å²) in [5.41, 5.74) is 7.06. The molecule has 0 saturated heterocycles. The molecule has 5 unspecified atom stereocenters. The Bertz CT molecular complexity index is 2860. The van der Waals surface area contributed by atoms with Gasteiger partial charge in [-0.25, -0.2) is 19.4 Å². The summed E-state index contributed by atoms with van der Waals surface area (Å²) in [4.78, 5) is 46.0. The van der Waals surface area contributed by atoms with Gasteiger partial charge >= 0.3 is 12.2 Å². The summed E-state index contributed by atoms with van der Waals surface area (Å²) in [6, 6.07) is 19.7. The van der Waals surface area contributed by atoms with Crippen molar-refractivity contribution in [3.05, 3.63) is 141 Å². The molecule has 0 radical (unpaired) electrons. The Morgan fingerprint density at radius 3 is 1.75 bits per heavy atom. The number of fused-ring (bicyclic) bond motifs is 4. The first-order valence-electron chi connectivity index (χ1n) is 24.4. The molecule has 4 aromatic rings. The Morgan fingerprint density at radius 2 is 1.21 bits per heavy atom. The first kappa shape index (κ1) is 51.9. The molecule has 17 nitrogen and oxygen atoms in total. The maximum atomic E-state index is 14.1. The molecule has 0 spiro atoms. The minimum absolute atomic E-state index is 0.0955. The molecule has 73 heavy (non-hydrogen) atoms. The topological polar surface area (TPSA) is 225 Å². The molecule has 17 heteroatoms. The lowest BCUT2D eigenvalue weighted by atomic mass is 9.81. The number of rotatable bonds is 16. The lowest BCUT2D eigenvalue weighted by molar-refractivity contribution is -0.0184. The van der Waals surface area contributed by atoms with Crippen LogP contribution >= 0.6 is 0 Å². The summed E-state index contributed by atoms with van der Waals surface area (Å²) >= 11 is 0. The van der Waals surface area contributed by atoms with Gasteiger partial charge in [0.2, 0.25) is 0 Å². The smallest absolute Gasteiger partial charge is 0.416 e. The Balaban J connectivity index is 0.955. The molecule has 4 aliphatic rings. The van der Waals surface area contributed by atoms with E-state index in [1.54, 1.807) is 85.6 Å². The van der Waals surface area contributed by atoms with Crippen molar-refractivity contribution >= 4 is 40.8 Å². The summed E-state index contributed by atoms with van der Waals surface area (Å²) in [6.45, 7) is 7.45. The van der Waals surface area contributed by atoms with E-state index in [-0.39, 0.29) is 66.4 Å². The quantitative estimate of drug-likeness (QED) is 0.0401. The standard InChI is InChI=1S/C56H63N5O12/c1-32-10-15-40-24-47(62)42-25-48(68-5)50(27-44(42)60(53(64)41(40)22-32)55(66)72-30-36-11-16-38(17-12-36)34(3)57)70-20-8-7-9-21-71-51-28-45-43(26-49(51)69-6)52(63)59-29-33(2)23-46(59)54(65)61(45)56(67)73-31-37-13-18-39(19-14-37)35(4)58/h10-14,16-19,24-29,41,46,52-54,57-58,63-65H,7-9,15,20-23,30-31H2,1-6H3/b40-24-,57-34?,58-35?. The predicted octanol–water partition coefficient (Wildman–Crippen LogP) is 9.49. The van der Waals surface area contributed by atoms with Crippen molar-refractivity contribution in [1.82, 2.24) is 4.90 Å². The van der Waals surface area contributed by atoms with E-state index >= 15 is 0 Å². The molecule has 8 rings (SSSR count). The largest absolute Gasteiger partial charge is 0.493 e. The van der Waals surface area contributed by atoms with Gasteiger partial charge in [0.1, 0.15) is 19.4 Å². The van der Waals surface area contributed by atoms with Crippen LogP contribution in [0.5, 0.6) is 23.0 Å². The van der Waals surface area contributed by atoms with Crippen molar-refractivity contribution in [1.29, 1.82) is 10.8 Å². The van der Waals surface area contributed by atoms with Gasteiger partial charge < -0.3 is 59.5 Å². The number of hydrogen-bond acceptors (Lipinski definition) is 15. The third-order valence-corrected chi connectivity index (χ3v) is 13.7. The van der Waals surface area contributed by atoms with Crippen molar-refractivity contribution in [2.24, 2.45) is 5.92 Å². The van der Waals surface area contributed by atoms with Gasteiger partial charge in [0.05, 0.1) is 44.8 Å². The van der Waals surface area contributed by atoms with E-state index in [1.165, 1.54) is 32.4 Å². The summed E-state index contributed by atoms with van der Waals surface area (Å²) in [7, 11) is 2.93. The van der Waals surface area contributed by atoms with E-state index in [9.17, 15) is 29.7 Å². The molecule has 5 N–H and O–H groups in total. The second-order valence-corrected chi connectivity index (χ2v) is 18.9. The van der Waals surface area contributed by atoms with Gasteiger partial charge in [0.25, 0.3) is 0 Å². The summed E-state index contributed by atoms with van der Waals surface area (Å²) in [6.07, 6.45) is 2.68. The van der Waals surface area contributed by atoms with Crippen LogP contribution in [-0.4, -0.2) is 95.5 Å². The number of ketones is 1. The van der Waals surface area contributed by atoms with Crippen molar-refractivity contribution < 1.29 is 58.1 Å². The van der Waals surface area contributed by atoms with Crippen LogP contribution in [0, 0.1) is 16.7 Å². The van der Waals surface area contributed by atoms with Crippen molar-refractivity contribution in [3.63, 3.8) is 0 Å². The number of methoxy groups -OCH3 is 2. The SMILES string of the molecule is COc1cc2c(cc1OCCCCCOc1cc3c(cc1OC)C(O)N1C=C(C)CC1C(O)N3C(=O)OCc1ccc(C(C)=N)cc1)N(C(=O)OCc1ccc(C(C)=N)cc1)C(O)C1CC(C)=CC/C1=C/C2=O. The number of hydrogen-bond donors (Lipinski definition) is 5. The van der Waals surface area contributed by atoms with Crippen molar-refractivity contribution in [2.45, 2.75) is 104 Å². The molecule has 1 aliphatic carbocycles. The number of anilines is 2. The van der Waals surface area contributed by atoms with Gasteiger partial charge in [-0.15, -0.1) is 0 Å². The normalized spacial score (nSPS) is 20.8. The molecule has 384 valence electrons. The number of aliphatic hydroxyl groups is 3. The van der Waals surface area contributed by atoms with Crippen LogP contribution < -0.4 is 28.7 Å². The molecular formula is C56H63N5O12. The highest BCUT2D eigenvalue weighted by atomic mass is 16.6. The number of allylic oxidation sites excluding steroid dienone is 3. The Labute approximate surface area is 424 Å². The highest BCUT2D eigenvalue weighted by molar-refractivity contribution is 6.12. The van der Waals surface area contributed by atoms with Crippen LogP contribution in [0.2, 0.25) is 0 Å². The lowest BCUT2D eigenvalue weighted by Gasteiger charge is -2.38. The highest BCUT2D eigenvalue weighted by Gasteiger charge is 2.45. The number of carbonyl (C=O) groups is 3. The van der Waals surface area contributed by atoms with E-state index in [4.69, 9.17) is 39.2 Å². The number of aliphatic hydroxyl groups excluding tert-OH is 3. The first-order chi connectivity index (χ1) is 35.1. The van der Waals surface area contributed by atoms with E-state index < -0.39 is 42.8 Å². The third-order valence-electron chi connectivity index (χ3n) is 13.7. The van der Waals surface area contributed by atoms with Crippen LogP contribution in [-0.2, 0) is 22.7 Å². The second kappa shape index (κ2) is 22.5. The number of unbranched alkanes of at least 4 members (excludes halogenated alkanes) is 2. The first-order valence-corrected chi connectivity index (χ1v) is 24.4. The van der Waals surface area contributed by atoms with Crippen LogP contribution in [0.25, 0.3) is 0 Å². The molecule has 0 fully saturated rings. The van der Waals surface area contributed by atoms with E-state index in [0.717, 1.165) is 32.1 Å². The van der Waals surface area contributed by atoms with Crippen LogP contribution in [0.15, 0.2) is 108 Å². The molecule has 0 bridgehead atoms. The zero-order valence-electron chi connectivity index (χ0n) is 42.0. The van der Waals surface area contributed by atoms with Crippen molar-refractivity contribution in [2.75, 3.05) is 37.2 Å². The fourth-order valence-corrected chi connectivity index (χ4v) is 9.62. The minimum Gasteiger partial charge on any atom is -0.493 e. The molecule has 2 amide bonds. The number of carbonyl (C=O) groups excluding carboxylic acids is 3. The van der Waals surface area contributed by atoms with Crippen LogP contribution in [0.3, 0.4) is 0 Å². The van der Waals surface area contributed by atoms with Gasteiger partial charge in [-0.3, -0.25) is 4.79 Å². The molecule has 0 saturated carbocycles. The molecule has 4 aromatic carbocycles. The Hall–Kier alpha value is -7.47. The minimum atomic E-state index is -1.40. The molecule has 3 aliphatic heterocycles. The zero-order chi connectivity index (χ0) is 52.1. The summed E-state index contributed by atoms with van der Waals surface area (Å²) in [5, 5.41) is 51.4. The second-order valence-electron chi connectivity index (χ2n) is 18.9. The Kier molecular flexibility index (Phi) is 16.0. The van der Waals surface area contributed by atoms with Crippen LogP contribution in [0.4, 0.5) is 21.0 Å². The Morgan fingerprint density at radius 1 is 0.671 bits per heavy atom. The van der Waals surface area contributed by atoms with Gasteiger partial charge in [0, 0.05) is 46.8 Å². The van der Waals surface area contributed by atoms with Gasteiger partial charge in [-0.2, -0.15) is 0 Å². The lowest BCUT2D eigenvalue weighted by Crippen LogP contribution is -2.50. The molecule has 3 heterocycles.